The predicted molar refractivity (Wildman–Crippen MR) is 78.0 cm³/mol. The molecule has 1 fully saturated rings. The average molecular weight is 273 g/mol. The second kappa shape index (κ2) is 8.05. The molecule has 1 aliphatic carbocycles. The van der Waals surface area contributed by atoms with E-state index in [2.05, 4.69) is 12.2 Å². The Kier molecular flexibility index (Phi) is 7.08. The molecule has 0 radical (unpaired) electrons. The van der Waals surface area contributed by atoms with Crippen LogP contribution in [0.5, 0.6) is 0 Å². The molecular weight excluding hydrogens is 246 g/mol. The number of carbonyl (C=O) groups is 1. The van der Waals surface area contributed by atoms with E-state index in [1.54, 1.807) is 0 Å². The van der Waals surface area contributed by atoms with Gasteiger partial charge in [0, 0.05) is 5.25 Å². The van der Waals surface area contributed by atoms with Crippen molar-refractivity contribution in [3.05, 3.63) is 0 Å². The lowest BCUT2D eigenvalue weighted by Crippen LogP contribution is -2.54. The molecule has 106 valence electrons. The van der Waals surface area contributed by atoms with Gasteiger partial charge in [0.1, 0.15) is 5.54 Å². The first kappa shape index (κ1) is 15.8. The number of carbonyl (C=O) groups excluding carboxylic acids is 1. The summed E-state index contributed by atoms with van der Waals surface area (Å²) in [6.07, 6.45) is 6.69. The van der Waals surface area contributed by atoms with Crippen LogP contribution in [-0.2, 0) is 9.53 Å². The number of ether oxygens (including phenoxy) is 1. The van der Waals surface area contributed by atoms with Crippen molar-refractivity contribution >= 4 is 17.7 Å². The highest BCUT2D eigenvalue weighted by molar-refractivity contribution is 7.99. The number of likely N-dealkylation sites (N-methyl/N-ethyl adjacent to an activating group) is 1. The van der Waals surface area contributed by atoms with Gasteiger partial charge in [0.05, 0.1) is 6.61 Å². The number of nitrogens with one attached hydrogen (secondary N) is 1. The van der Waals surface area contributed by atoms with Gasteiger partial charge >= 0.3 is 5.97 Å². The van der Waals surface area contributed by atoms with Crippen LogP contribution in [-0.4, -0.2) is 36.2 Å². The van der Waals surface area contributed by atoms with Gasteiger partial charge < -0.3 is 10.1 Å². The zero-order valence-corrected chi connectivity index (χ0v) is 12.8. The third-order valence-corrected chi connectivity index (χ3v) is 5.10. The van der Waals surface area contributed by atoms with Crippen LogP contribution < -0.4 is 5.32 Å². The number of hydrogen-bond acceptors (Lipinski definition) is 4. The zero-order chi connectivity index (χ0) is 13.4. The monoisotopic (exact) mass is 273 g/mol. The van der Waals surface area contributed by atoms with E-state index in [0.29, 0.717) is 11.9 Å². The molecule has 1 aliphatic rings. The molecular formula is C14H27NO2S. The van der Waals surface area contributed by atoms with E-state index < -0.39 is 5.54 Å². The average Bonchev–Trinajstić information content (AvgIpc) is 2.39. The van der Waals surface area contributed by atoms with Crippen LogP contribution in [0.3, 0.4) is 0 Å². The summed E-state index contributed by atoms with van der Waals surface area (Å²) in [7, 11) is 1.88. The third-order valence-electron chi connectivity index (χ3n) is 3.70. The number of rotatable bonds is 7. The van der Waals surface area contributed by atoms with E-state index in [-0.39, 0.29) is 5.97 Å². The van der Waals surface area contributed by atoms with Crippen LogP contribution >= 0.6 is 11.8 Å². The van der Waals surface area contributed by atoms with Crippen LogP contribution in [0.2, 0.25) is 0 Å². The smallest absolute Gasteiger partial charge is 0.326 e. The molecule has 0 aliphatic heterocycles. The highest BCUT2D eigenvalue weighted by atomic mass is 32.2. The quantitative estimate of drug-likeness (QED) is 0.572. The predicted octanol–water partition coefficient (Wildman–Crippen LogP) is 2.98. The number of unbranched alkanes of at least 4 members (excludes halogenated alkanes) is 1. The minimum atomic E-state index is -0.432. The fraction of sp³-hybridized carbons (Fsp3) is 0.929. The van der Waals surface area contributed by atoms with Gasteiger partial charge in [-0.25, -0.2) is 0 Å². The van der Waals surface area contributed by atoms with Gasteiger partial charge in [0.15, 0.2) is 0 Å². The molecule has 18 heavy (non-hydrogen) atoms. The molecule has 0 saturated heterocycles. The fourth-order valence-corrected chi connectivity index (χ4v) is 4.07. The van der Waals surface area contributed by atoms with Gasteiger partial charge in [-0.15, -0.1) is 0 Å². The van der Waals surface area contributed by atoms with Crippen molar-refractivity contribution in [2.75, 3.05) is 19.4 Å². The Hall–Kier alpha value is -0.220. The van der Waals surface area contributed by atoms with Crippen molar-refractivity contribution in [1.82, 2.24) is 5.32 Å². The van der Waals surface area contributed by atoms with Crippen molar-refractivity contribution in [2.24, 2.45) is 0 Å². The molecule has 3 nitrogen and oxygen atoms in total. The molecule has 0 heterocycles. The molecule has 1 rings (SSSR count). The van der Waals surface area contributed by atoms with Crippen LogP contribution in [0.1, 0.15) is 52.4 Å². The van der Waals surface area contributed by atoms with E-state index in [4.69, 9.17) is 4.74 Å². The topological polar surface area (TPSA) is 38.3 Å². The summed E-state index contributed by atoms with van der Waals surface area (Å²) < 4.78 is 5.24. The van der Waals surface area contributed by atoms with Crippen molar-refractivity contribution in [2.45, 2.75) is 63.2 Å². The summed E-state index contributed by atoms with van der Waals surface area (Å²) in [5.41, 5.74) is -0.432. The first-order chi connectivity index (χ1) is 8.68. The molecule has 1 saturated carbocycles. The zero-order valence-electron chi connectivity index (χ0n) is 12.0. The highest BCUT2D eigenvalue weighted by Crippen LogP contribution is 2.36. The Bertz CT molecular complexity index is 260. The number of esters is 1. The molecule has 0 aromatic heterocycles. The first-order valence-corrected chi connectivity index (χ1v) is 8.21. The van der Waals surface area contributed by atoms with Gasteiger partial charge in [0.25, 0.3) is 0 Å². The standard InChI is InChI=1S/C14H27NO2S/c1-4-6-10-18-12-8-7-9-14(11-12,15-3)13(16)17-5-2/h12,15H,4-11H2,1-3H3. The molecule has 2 unspecified atom stereocenters. The van der Waals surface area contributed by atoms with E-state index in [0.717, 1.165) is 19.3 Å². The summed E-state index contributed by atoms with van der Waals surface area (Å²) in [6, 6.07) is 0. The molecule has 0 aromatic rings. The normalized spacial score (nSPS) is 28.1. The van der Waals surface area contributed by atoms with Crippen LogP contribution in [0.25, 0.3) is 0 Å². The fourth-order valence-electron chi connectivity index (χ4n) is 2.54. The van der Waals surface area contributed by atoms with Gasteiger partial charge in [-0.05, 0) is 51.8 Å². The summed E-state index contributed by atoms with van der Waals surface area (Å²) in [5, 5.41) is 3.83. The largest absolute Gasteiger partial charge is 0.465 e. The van der Waals surface area contributed by atoms with Crippen molar-refractivity contribution in [3.8, 4) is 0 Å². The van der Waals surface area contributed by atoms with Gasteiger partial charge in [-0.2, -0.15) is 11.8 Å². The Labute approximate surface area is 115 Å². The lowest BCUT2D eigenvalue weighted by atomic mass is 9.81. The maximum atomic E-state index is 12.1. The van der Waals surface area contributed by atoms with Crippen LogP contribution in [0.4, 0.5) is 0 Å². The van der Waals surface area contributed by atoms with Crippen LogP contribution in [0.15, 0.2) is 0 Å². The first-order valence-electron chi connectivity index (χ1n) is 7.16. The molecule has 0 amide bonds. The maximum absolute atomic E-state index is 12.1. The van der Waals surface area contributed by atoms with Crippen molar-refractivity contribution < 1.29 is 9.53 Å². The molecule has 0 spiro atoms. The van der Waals surface area contributed by atoms with E-state index in [1.165, 1.54) is 25.0 Å². The van der Waals surface area contributed by atoms with E-state index >= 15 is 0 Å². The molecule has 1 N–H and O–H groups in total. The molecule has 0 aromatic carbocycles. The number of thioether (sulfide) groups is 1. The lowest BCUT2D eigenvalue weighted by molar-refractivity contribution is -0.152. The SMILES string of the molecule is CCCCSC1CCCC(NC)(C(=O)OCC)C1. The van der Waals surface area contributed by atoms with Crippen molar-refractivity contribution in [1.29, 1.82) is 0 Å². The summed E-state index contributed by atoms with van der Waals surface area (Å²) in [6.45, 7) is 4.56. The van der Waals surface area contributed by atoms with Gasteiger partial charge in [0.2, 0.25) is 0 Å². The minimum absolute atomic E-state index is 0.0618. The number of hydrogen-bond donors (Lipinski definition) is 1. The van der Waals surface area contributed by atoms with Gasteiger partial charge in [-0.1, -0.05) is 13.3 Å². The maximum Gasteiger partial charge on any atom is 0.326 e. The molecule has 4 heteroatoms. The van der Waals surface area contributed by atoms with Gasteiger partial charge in [-0.3, -0.25) is 4.79 Å². The minimum Gasteiger partial charge on any atom is -0.465 e. The Morgan fingerprint density at radius 1 is 1.50 bits per heavy atom. The second-order valence-electron chi connectivity index (χ2n) is 5.00. The Balaban J connectivity index is 2.55. The Morgan fingerprint density at radius 2 is 2.28 bits per heavy atom. The third kappa shape index (κ3) is 4.16. The summed E-state index contributed by atoms with van der Waals surface area (Å²) >= 11 is 2.03. The molecule has 2 atom stereocenters. The van der Waals surface area contributed by atoms with Crippen LogP contribution in [0, 0.1) is 0 Å². The highest BCUT2D eigenvalue weighted by Gasteiger charge is 2.42. The summed E-state index contributed by atoms with van der Waals surface area (Å²) in [4.78, 5) is 12.1. The van der Waals surface area contributed by atoms with E-state index in [1.807, 2.05) is 25.7 Å². The summed E-state index contributed by atoms with van der Waals surface area (Å²) in [5.74, 6) is 1.15. The second-order valence-corrected chi connectivity index (χ2v) is 6.40. The van der Waals surface area contributed by atoms with Crippen molar-refractivity contribution in [3.63, 3.8) is 0 Å². The molecule has 0 bridgehead atoms. The Morgan fingerprint density at radius 3 is 2.89 bits per heavy atom. The lowest BCUT2D eigenvalue weighted by Gasteiger charge is -2.38. The van der Waals surface area contributed by atoms with E-state index in [9.17, 15) is 4.79 Å².